The summed E-state index contributed by atoms with van der Waals surface area (Å²) in [6, 6.07) is 9.35. The highest BCUT2D eigenvalue weighted by Crippen LogP contribution is 2.29. The second-order valence-electron chi connectivity index (χ2n) is 6.20. The predicted octanol–water partition coefficient (Wildman–Crippen LogP) is 4.34. The van der Waals surface area contributed by atoms with Gasteiger partial charge in [-0.15, -0.1) is 0 Å². The van der Waals surface area contributed by atoms with Crippen molar-refractivity contribution in [2.75, 3.05) is 6.54 Å². The van der Waals surface area contributed by atoms with Crippen molar-refractivity contribution in [3.05, 3.63) is 35.4 Å². The van der Waals surface area contributed by atoms with Crippen LogP contribution in [0.2, 0.25) is 0 Å². The summed E-state index contributed by atoms with van der Waals surface area (Å²) in [6.45, 7) is 12.5. The van der Waals surface area contributed by atoms with E-state index in [1.807, 2.05) is 0 Å². The fourth-order valence-corrected chi connectivity index (χ4v) is 2.56. The second kappa shape index (κ2) is 6.94. The quantitative estimate of drug-likeness (QED) is 0.755. The van der Waals surface area contributed by atoms with E-state index >= 15 is 0 Å². The molecule has 1 aromatic rings. The molecule has 0 aliphatic heterocycles. The van der Waals surface area contributed by atoms with Crippen molar-refractivity contribution < 1.29 is 0 Å². The van der Waals surface area contributed by atoms with Crippen molar-refractivity contribution in [1.29, 1.82) is 0 Å². The maximum atomic E-state index is 3.61. The van der Waals surface area contributed by atoms with E-state index in [-0.39, 0.29) is 0 Å². The molecule has 1 rings (SSSR count). The molecule has 0 aromatic heterocycles. The van der Waals surface area contributed by atoms with E-state index in [9.17, 15) is 0 Å². The van der Waals surface area contributed by atoms with E-state index in [1.54, 1.807) is 0 Å². The van der Waals surface area contributed by atoms with Gasteiger partial charge < -0.3 is 5.32 Å². The smallest absolute Gasteiger partial charge is 0.00107 e. The van der Waals surface area contributed by atoms with Gasteiger partial charge in [-0.1, -0.05) is 58.4 Å². The second-order valence-corrected chi connectivity index (χ2v) is 6.20. The Balaban J connectivity index is 2.75. The summed E-state index contributed by atoms with van der Waals surface area (Å²) in [7, 11) is 0. The zero-order chi connectivity index (χ0) is 13.6. The fourth-order valence-electron chi connectivity index (χ4n) is 2.56. The minimum atomic E-state index is 0.366. The van der Waals surface area contributed by atoms with Crippen LogP contribution in [0, 0.1) is 12.3 Å². The van der Waals surface area contributed by atoms with E-state index in [1.165, 1.54) is 30.4 Å². The molecule has 1 heteroatoms. The molecule has 1 aromatic carbocycles. The van der Waals surface area contributed by atoms with Gasteiger partial charge in [0.05, 0.1) is 0 Å². The molecule has 0 radical (unpaired) electrons. The Kier molecular flexibility index (Phi) is 5.87. The average Bonchev–Trinajstić information content (AvgIpc) is 2.30. The van der Waals surface area contributed by atoms with Gasteiger partial charge in [0.2, 0.25) is 0 Å². The van der Waals surface area contributed by atoms with Gasteiger partial charge in [0, 0.05) is 12.6 Å². The van der Waals surface area contributed by atoms with Gasteiger partial charge in [0.15, 0.2) is 0 Å². The van der Waals surface area contributed by atoms with Gasteiger partial charge >= 0.3 is 0 Å². The molecule has 0 amide bonds. The van der Waals surface area contributed by atoms with Crippen LogP contribution >= 0.6 is 0 Å². The van der Waals surface area contributed by atoms with Crippen LogP contribution in [0.1, 0.15) is 51.7 Å². The lowest BCUT2D eigenvalue weighted by atomic mass is 9.78. The number of hydrogen-bond donors (Lipinski definition) is 1. The molecule has 102 valence electrons. The summed E-state index contributed by atoms with van der Waals surface area (Å²) in [5, 5.41) is 3.61. The molecule has 0 saturated heterocycles. The van der Waals surface area contributed by atoms with Crippen LogP contribution in [0.5, 0.6) is 0 Å². The summed E-state index contributed by atoms with van der Waals surface area (Å²) in [5.41, 5.74) is 3.29. The molecule has 0 saturated carbocycles. The van der Waals surface area contributed by atoms with E-state index in [2.05, 4.69) is 64.2 Å². The Morgan fingerprint density at radius 3 is 2.44 bits per heavy atom. The Labute approximate surface area is 113 Å². The summed E-state index contributed by atoms with van der Waals surface area (Å²) >= 11 is 0. The molecular formula is C17H29N. The number of rotatable bonds is 7. The highest BCUT2D eigenvalue weighted by atomic mass is 14.9. The first kappa shape index (κ1) is 15.2. The Morgan fingerprint density at radius 2 is 1.89 bits per heavy atom. The zero-order valence-electron chi connectivity index (χ0n) is 12.7. The van der Waals surface area contributed by atoms with Crippen molar-refractivity contribution in [2.45, 2.75) is 59.9 Å². The Morgan fingerprint density at radius 1 is 1.22 bits per heavy atom. The Hall–Kier alpha value is -0.820. The molecule has 0 aliphatic carbocycles. The van der Waals surface area contributed by atoms with Crippen LogP contribution in [0.3, 0.4) is 0 Å². The summed E-state index contributed by atoms with van der Waals surface area (Å²) in [6.07, 6.45) is 3.70. The van der Waals surface area contributed by atoms with Crippen molar-refractivity contribution >= 4 is 0 Å². The third kappa shape index (κ3) is 4.81. The number of benzene rings is 1. The van der Waals surface area contributed by atoms with Crippen LogP contribution < -0.4 is 5.32 Å². The van der Waals surface area contributed by atoms with Crippen LogP contribution in [0.25, 0.3) is 0 Å². The maximum Gasteiger partial charge on any atom is 0.00107 e. The largest absolute Gasteiger partial charge is 0.314 e. The number of nitrogens with one attached hydrogen (secondary N) is 1. The third-order valence-electron chi connectivity index (χ3n) is 3.67. The minimum absolute atomic E-state index is 0.366. The average molecular weight is 247 g/mol. The van der Waals surface area contributed by atoms with E-state index < -0.39 is 0 Å². The molecule has 18 heavy (non-hydrogen) atoms. The van der Waals surface area contributed by atoms with Crippen LogP contribution in [-0.2, 0) is 6.42 Å². The number of aryl methyl sites for hydroxylation is 1. The van der Waals surface area contributed by atoms with Crippen LogP contribution in [0.15, 0.2) is 24.3 Å². The van der Waals surface area contributed by atoms with Crippen LogP contribution in [-0.4, -0.2) is 12.6 Å². The van der Waals surface area contributed by atoms with Gasteiger partial charge in [-0.2, -0.15) is 0 Å². The number of hydrogen-bond acceptors (Lipinski definition) is 1. The molecule has 1 unspecified atom stereocenters. The molecule has 0 spiro atoms. The topological polar surface area (TPSA) is 12.0 Å². The molecule has 1 N–H and O–H groups in total. The molecule has 1 nitrogen and oxygen atoms in total. The zero-order valence-corrected chi connectivity index (χ0v) is 12.7. The lowest BCUT2D eigenvalue weighted by molar-refractivity contribution is 0.266. The van der Waals surface area contributed by atoms with Gasteiger partial charge in [-0.05, 0) is 36.3 Å². The molecule has 0 aliphatic rings. The van der Waals surface area contributed by atoms with Crippen molar-refractivity contribution in [3.63, 3.8) is 0 Å². The summed E-state index contributed by atoms with van der Waals surface area (Å²) < 4.78 is 0. The summed E-state index contributed by atoms with van der Waals surface area (Å²) in [4.78, 5) is 0. The molecule has 0 bridgehead atoms. The molecule has 0 heterocycles. The van der Waals surface area contributed by atoms with Gasteiger partial charge in [0.1, 0.15) is 0 Å². The standard InChI is InChI=1S/C17H29N/c1-6-11-17(5,13-18-14(2)3)12-16-10-8-7-9-15(16)4/h7-10,14,18H,6,11-13H2,1-5H3. The first-order valence-electron chi connectivity index (χ1n) is 7.25. The van der Waals surface area contributed by atoms with Crippen molar-refractivity contribution in [1.82, 2.24) is 5.32 Å². The lowest BCUT2D eigenvalue weighted by Gasteiger charge is -2.31. The van der Waals surface area contributed by atoms with E-state index in [4.69, 9.17) is 0 Å². The SMILES string of the molecule is CCCC(C)(CNC(C)C)Cc1ccccc1C. The van der Waals surface area contributed by atoms with E-state index in [0.717, 1.165) is 6.54 Å². The first-order valence-corrected chi connectivity index (χ1v) is 7.25. The molecule has 1 atom stereocenters. The molecular weight excluding hydrogens is 218 g/mol. The van der Waals surface area contributed by atoms with Crippen molar-refractivity contribution in [2.24, 2.45) is 5.41 Å². The highest BCUT2D eigenvalue weighted by molar-refractivity contribution is 5.26. The normalized spacial score (nSPS) is 14.8. The van der Waals surface area contributed by atoms with Gasteiger partial charge in [0.25, 0.3) is 0 Å². The minimum Gasteiger partial charge on any atom is -0.314 e. The maximum absolute atomic E-state index is 3.61. The Bertz CT molecular complexity index is 356. The third-order valence-corrected chi connectivity index (χ3v) is 3.67. The predicted molar refractivity (Wildman–Crippen MR) is 81.0 cm³/mol. The lowest BCUT2D eigenvalue weighted by Crippen LogP contribution is -2.37. The summed E-state index contributed by atoms with van der Waals surface area (Å²) in [5.74, 6) is 0. The molecule has 0 fully saturated rings. The first-order chi connectivity index (χ1) is 8.47. The van der Waals surface area contributed by atoms with Crippen molar-refractivity contribution in [3.8, 4) is 0 Å². The van der Waals surface area contributed by atoms with Gasteiger partial charge in [-0.25, -0.2) is 0 Å². The van der Waals surface area contributed by atoms with E-state index in [0.29, 0.717) is 11.5 Å². The van der Waals surface area contributed by atoms with Gasteiger partial charge in [-0.3, -0.25) is 0 Å². The highest BCUT2D eigenvalue weighted by Gasteiger charge is 2.24. The van der Waals surface area contributed by atoms with Crippen LogP contribution in [0.4, 0.5) is 0 Å². The monoisotopic (exact) mass is 247 g/mol. The fraction of sp³-hybridized carbons (Fsp3) is 0.647.